The Hall–Kier alpha value is -1.07. The molecule has 80 valence electrons. The quantitative estimate of drug-likeness (QED) is 0.759. The Labute approximate surface area is 91.9 Å². The van der Waals surface area contributed by atoms with Crippen molar-refractivity contribution in [3.63, 3.8) is 0 Å². The number of aryl methyl sites for hydroxylation is 1. The Morgan fingerprint density at radius 2 is 2.20 bits per heavy atom. The lowest BCUT2D eigenvalue weighted by molar-refractivity contribution is 0.609. The van der Waals surface area contributed by atoms with E-state index in [1.54, 1.807) is 16.9 Å². The minimum atomic E-state index is -3.66. The molecule has 4 nitrogen and oxygen atoms in total. The zero-order chi connectivity index (χ0) is 11.1. The minimum Gasteiger partial charge on any atom is -0.272 e. The van der Waals surface area contributed by atoms with Crippen LogP contribution in [0.5, 0.6) is 0 Å². The van der Waals surface area contributed by atoms with Crippen LogP contribution in [0.15, 0.2) is 29.3 Å². The Morgan fingerprint density at radius 1 is 1.47 bits per heavy atom. The number of hydrogen-bond acceptors (Lipinski definition) is 3. The molecule has 2 rings (SSSR count). The summed E-state index contributed by atoms with van der Waals surface area (Å²) in [5.74, 6) is 0. The van der Waals surface area contributed by atoms with Crippen LogP contribution in [0.4, 0.5) is 0 Å². The van der Waals surface area contributed by atoms with Gasteiger partial charge in [-0.15, -0.1) is 0 Å². The van der Waals surface area contributed by atoms with Crippen molar-refractivity contribution in [2.45, 2.75) is 18.4 Å². The molecule has 0 bridgehead atoms. The van der Waals surface area contributed by atoms with Crippen LogP contribution < -0.4 is 0 Å². The number of nitrogens with zero attached hydrogens (tertiary/aromatic N) is 2. The van der Waals surface area contributed by atoms with Gasteiger partial charge in [-0.25, -0.2) is 8.42 Å². The van der Waals surface area contributed by atoms with Crippen LogP contribution in [0.25, 0.3) is 10.9 Å². The second-order valence-electron chi connectivity index (χ2n) is 3.14. The summed E-state index contributed by atoms with van der Waals surface area (Å²) in [5, 5.41) is 5.01. The molecule has 0 saturated carbocycles. The van der Waals surface area contributed by atoms with Crippen LogP contribution in [-0.4, -0.2) is 18.2 Å². The molecule has 0 N–H and O–H groups in total. The average molecular weight is 245 g/mol. The van der Waals surface area contributed by atoms with E-state index in [4.69, 9.17) is 10.7 Å². The molecule has 1 aromatic carbocycles. The molecular weight excluding hydrogens is 236 g/mol. The summed E-state index contributed by atoms with van der Waals surface area (Å²) >= 11 is 0. The van der Waals surface area contributed by atoms with Gasteiger partial charge in [0.1, 0.15) is 0 Å². The van der Waals surface area contributed by atoms with Gasteiger partial charge >= 0.3 is 0 Å². The zero-order valence-electron chi connectivity index (χ0n) is 8.01. The molecule has 0 unspecified atom stereocenters. The van der Waals surface area contributed by atoms with Crippen LogP contribution in [0, 0.1) is 0 Å². The number of benzene rings is 1. The summed E-state index contributed by atoms with van der Waals surface area (Å²) in [6.45, 7) is 2.71. The number of hydrogen-bond donors (Lipinski definition) is 0. The Balaban J connectivity index is 2.66. The number of rotatable bonds is 2. The Morgan fingerprint density at radius 3 is 2.80 bits per heavy atom. The first-order valence-electron chi connectivity index (χ1n) is 4.42. The summed E-state index contributed by atoms with van der Waals surface area (Å²) in [7, 11) is 1.59. The predicted molar refractivity (Wildman–Crippen MR) is 58.4 cm³/mol. The van der Waals surface area contributed by atoms with Gasteiger partial charge in [0.2, 0.25) is 0 Å². The molecule has 1 heterocycles. The molecule has 0 saturated heterocycles. The summed E-state index contributed by atoms with van der Waals surface area (Å²) < 4.78 is 23.9. The number of halogens is 1. The Kier molecular flexibility index (Phi) is 2.44. The van der Waals surface area contributed by atoms with Gasteiger partial charge in [-0.1, -0.05) is 0 Å². The van der Waals surface area contributed by atoms with E-state index in [0.717, 1.165) is 17.4 Å². The standard InChI is InChI=1S/C9H9ClN2O2S/c1-2-12-6-7-5-8(15(10,13)14)3-4-9(7)11-12/h3-6H,2H2,1H3. The number of aromatic nitrogens is 2. The van der Waals surface area contributed by atoms with Gasteiger partial charge in [-0.05, 0) is 25.1 Å². The first-order chi connectivity index (χ1) is 7.00. The zero-order valence-corrected chi connectivity index (χ0v) is 9.59. The molecule has 0 radical (unpaired) electrons. The van der Waals surface area contributed by atoms with Crippen molar-refractivity contribution in [2.75, 3.05) is 0 Å². The fourth-order valence-corrected chi connectivity index (χ4v) is 2.15. The molecule has 0 aliphatic rings. The van der Waals surface area contributed by atoms with Gasteiger partial charge in [0.05, 0.1) is 10.4 Å². The van der Waals surface area contributed by atoms with Crippen LogP contribution in [0.2, 0.25) is 0 Å². The largest absolute Gasteiger partial charge is 0.272 e. The third-order valence-electron chi connectivity index (χ3n) is 2.13. The third kappa shape index (κ3) is 1.98. The van der Waals surface area contributed by atoms with E-state index in [2.05, 4.69) is 5.10 Å². The molecule has 1 aromatic heterocycles. The van der Waals surface area contributed by atoms with Crippen LogP contribution >= 0.6 is 10.7 Å². The lowest BCUT2D eigenvalue weighted by Gasteiger charge is -1.94. The normalized spacial score (nSPS) is 12.1. The van der Waals surface area contributed by atoms with Crippen molar-refractivity contribution in [1.82, 2.24) is 9.78 Å². The van der Waals surface area contributed by atoms with E-state index in [1.807, 2.05) is 6.92 Å². The lowest BCUT2D eigenvalue weighted by Crippen LogP contribution is -1.92. The number of fused-ring (bicyclic) bond motifs is 1. The third-order valence-corrected chi connectivity index (χ3v) is 3.48. The second-order valence-corrected chi connectivity index (χ2v) is 5.71. The van der Waals surface area contributed by atoms with Gasteiger partial charge in [-0.2, -0.15) is 5.10 Å². The molecule has 15 heavy (non-hydrogen) atoms. The van der Waals surface area contributed by atoms with E-state index in [9.17, 15) is 8.42 Å². The van der Waals surface area contributed by atoms with Crippen LogP contribution in [-0.2, 0) is 15.6 Å². The predicted octanol–water partition coefficient (Wildman–Crippen LogP) is 1.98. The highest BCUT2D eigenvalue weighted by atomic mass is 35.7. The fourth-order valence-electron chi connectivity index (χ4n) is 1.37. The summed E-state index contributed by atoms with van der Waals surface area (Å²) in [6, 6.07) is 4.63. The van der Waals surface area contributed by atoms with Crippen molar-refractivity contribution >= 4 is 30.6 Å². The smallest absolute Gasteiger partial charge is 0.261 e. The van der Waals surface area contributed by atoms with Gasteiger partial charge in [0.15, 0.2) is 0 Å². The maximum absolute atomic E-state index is 11.1. The van der Waals surface area contributed by atoms with Crippen molar-refractivity contribution in [2.24, 2.45) is 0 Å². The molecule has 0 amide bonds. The van der Waals surface area contributed by atoms with E-state index >= 15 is 0 Å². The molecule has 0 fully saturated rings. The summed E-state index contributed by atoms with van der Waals surface area (Å²) in [6.07, 6.45) is 1.79. The van der Waals surface area contributed by atoms with E-state index in [1.165, 1.54) is 12.1 Å². The van der Waals surface area contributed by atoms with E-state index in [0.29, 0.717) is 0 Å². The molecular formula is C9H9ClN2O2S. The van der Waals surface area contributed by atoms with Crippen molar-refractivity contribution < 1.29 is 8.42 Å². The van der Waals surface area contributed by atoms with Gasteiger partial charge < -0.3 is 0 Å². The maximum Gasteiger partial charge on any atom is 0.261 e. The SMILES string of the molecule is CCn1cc2cc(S(=O)(=O)Cl)ccc2n1. The van der Waals surface area contributed by atoms with Crippen LogP contribution in [0.1, 0.15) is 6.92 Å². The molecule has 0 atom stereocenters. The van der Waals surface area contributed by atoms with Crippen molar-refractivity contribution in [3.8, 4) is 0 Å². The molecule has 0 spiro atoms. The second kappa shape index (κ2) is 3.50. The fraction of sp³-hybridized carbons (Fsp3) is 0.222. The first-order valence-corrected chi connectivity index (χ1v) is 6.73. The van der Waals surface area contributed by atoms with Crippen molar-refractivity contribution in [3.05, 3.63) is 24.4 Å². The van der Waals surface area contributed by atoms with Gasteiger partial charge in [0.25, 0.3) is 9.05 Å². The molecule has 0 aliphatic heterocycles. The first kappa shape index (κ1) is 10.4. The highest BCUT2D eigenvalue weighted by Gasteiger charge is 2.11. The Bertz CT molecular complexity index is 604. The highest BCUT2D eigenvalue weighted by molar-refractivity contribution is 8.13. The average Bonchev–Trinajstić information content (AvgIpc) is 2.57. The topological polar surface area (TPSA) is 52.0 Å². The van der Waals surface area contributed by atoms with Gasteiger partial charge in [0, 0.05) is 28.8 Å². The molecule has 6 heteroatoms. The van der Waals surface area contributed by atoms with Gasteiger partial charge in [-0.3, -0.25) is 4.68 Å². The lowest BCUT2D eigenvalue weighted by atomic mass is 10.3. The summed E-state index contributed by atoms with van der Waals surface area (Å²) in [4.78, 5) is 0.104. The minimum absolute atomic E-state index is 0.104. The summed E-state index contributed by atoms with van der Waals surface area (Å²) in [5.41, 5.74) is 0.765. The van der Waals surface area contributed by atoms with Crippen LogP contribution in [0.3, 0.4) is 0 Å². The van der Waals surface area contributed by atoms with Crippen molar-refractivity contribution in [1.29, 1.82) is 0 Å². The highest BCUT2D eigenvalue weighted by Crippen LogP contribution is 2.20. The maximum atomic E-state index is 11.1. The molecule has 0 aliphatic carbocycles. The molecule has 2 aromatic rings. The monoisotopic (exact) mass is 244 g/mol. The van der Waals surface area contributed by atoms with E-state index < -0.39 is 9.05 Å². The van der Waals surface area contributed by atoms with E-state index in [-0.39, 0.29) is 4.90 Å².